The van der Waals surface area contributed by atoms with Crippen molar-refractivity contribution < 1.29 is 42.0 Å². The minimum Gasteiger partial charge on any atom is -0.508 e. The molecule has 1 aliphatic rings. The van der Waals surface area contributed by atoms with Crippen LogP contribution in [0.5, 0.6) is 11.5 Å². The van der Waals surface area contributed by atoms with E-state index in [2.05, 4.69) is 20.0 Å². The topological polar surface area (TPSA) is 184 Å². The molecule has 306 valence electrons. The molecule has 6 atom stereocenters. The minimum absolute atomic E-state index is 0.0554. The SMILES string of the molecule is C[C@H](Cn1cnc2c(N)ncnc21)OCP(=O)(N[C@@H](C)C(=O)O[C@@H](CC[C@H]1C(=O)N(c2ccc(F)cc2)[C@@H]1c1ccc(O)cc1)c1ccc(F)cc1)Oc1ccccc1. The molecule has 6 aromatic rings. The quantitative estimate of drug-likeness (QED) is 0.0469. The monoisotopic (exact) mass is 825 g/mol. The molecule has 0 bridgehead atoms. The number of carbonyl (C=O) groups excluding carboxylic acids is 2. The van der Waals surface area contributed by atoms with Crippen molar-refractivity contribution in [3.05, 3.63) is 139 Å². The average molecular weight is 826 g/mol. The van der Waals surface area contributed by atoms with E-state index in [4.69, 9.17) is 19.7 Å². The third-order valence-electron chi connectivity index (χ3n) is 9.95. The number of phenols is 1. The largest absolute Gasteiger partial charge is 0.508 e. The van der Waals surface area contributed by atoms with Gasteiger partial charge in [0.25, 0.3) is 0 Å². The number of fused-ring (bicyclic) bond motifs is 1. The number of hydrogen-bond acceptors (Lipinski definition) is 11. The molecular weight excluding hydrogens is 783 g/mol. The van der Waals surface area contributed by atoms with Crippen LogP contribution in [0.3, 0.4) is 0 Å². The number of benzene rings is 4. The van der Waals surface area contributed by atoms with Crippen molar-refractivity contribution in [1.82, 2.24) is 24.6 Å². The van der Waals surface area contributed by atoms with Gasteiger partial charge in [-0.25, -0.2) is 28.8 Å². The van der Waals surface area contributed by atoms with E-state index in [-0.39, 0.29) is 42.6 Å². The standard InChI is InChI=1S/C42H42F2N7O7P/c1-26(22-50-24-48-37-39(45)46-23-47-40(37)50)56-25-59(55,58-34-6-4-3-5-7-34)49-27(2)42(54)57-36(28-8-12-30(43)13-9-28)21-20-35-38(29-10-18-33(52)19-11-29)51(41(35)53)32-16-14-31(44)15-17-32/h3-19,23-24,26-27,35-36,38,52H,20-22,25H2,1-2H3,(H,49,55)(H2,45,46,47)/t26-,27+,35-,36+,38-,59?/m1/s1. The van der Waals surface area contributed by atoms with Gasteiger partial charge in [-0.15, -0.1) is 0 Å². The number of nitrogens with one attached hydrogen (secondary N) is 1. The predicted molar refractivity (Wildman–Crippen MR) is 215 cm³/mol. The van der Waals surface area contributed by atoms with Gasteiger partial charge in [-0.05, 0) is 98.5 Å². The molecule has 14 nitrogen and oxygen atoms in total. The highest BCUT2D eigenvalue weighted by Gasteiger charge is 2.48. The zero-order valence-corrected chi connectivity index (χ0v) is 33.0. The second kappa shape index (κ2) is 17.7. The summed E-state index contributed by atoms with van der Waals surface area (Å²) in [5, 5.41) is 12.8. The first-order valence-electron chi connectivity index (χ1n) is 18.9. The van der Waals surface area contributed by atoms with Gasteiger partial charge in [0.15, 0.2) is 11.5 Å². The van der Waals surface area contributed by atoms with Crippen molar-refractivity contribution in [2.45, 2.75) is 57.5 Å². The lowest BCUT2D eigenvalue weighted by Crippen LogP contribution is -2.55. The van der Waals surface area contributed by atoms with E-state index in [1.54, 1.807) is 65.2 Å². The smallest absolute Gasteiger partial charge is 0.342 e. The Bertz CT molecular complexity index is 2440. The molecule has 1 amide bonds. The predicted octanol–water partition coefficient (Wildman–Crippen LogP) is 7.47. The number of hydrogen-bond donors (Lipinski definition) is 3. The average Bonchev–Trinajstić information content (AvgIpc) is 3.64. The summed E-state index contributed by atoms with van der Waals surface area (Å²) in [4.78, 5) is 41.7. The highest BCUT2D eigenvalue weighted by atomic mass is 31.2. The van der Waals surface area contributed by atoms with Gasteiger partial charge in [0.2, 0.25) is 5.91 Å². The molecule has 4 N–H and O–H groups in total. The molecule has 59 heavy (non-hydrogen) atoms. The number of aromatic nitrogens is 4. The van der Waals surface area contributed by atoms with Crippen LogP contribution in [0.25, 0.3) is 11.2 Å². The summed E-state index contributed by atoms with van der Waals surface area (Å²) < 4.78 is 62.1. The molecule has 0 spiro atoms. The van der Waals surface area contributed by atoms with Crippen LogP contribution in [-0.4, -0.2) is 55.0 Å². The molecule has 0 saturated carbocycles. The molecule has 4 aromatic carbocycles. The van der Waals surface area contributed by atoms with Crippen molar-refractivity contribution in [2.24, 2.45) is 5.92 Å². The second-order valence-corrected chi connectivity index (χ2v) is 16.3. The fourth-order valence-electron chi connectivity index (χ4n) is 6.99. The van der Waals surface area contributed by atoms with E-state index >= 15 is 0 Å². The number of amides is 1. The van der Waals surface area contributed by atoms with E-state index < -0.39 is 61.7 Å². The first-order valence-corrected chi connectivity index (χ1v) is 20.7. The first kappa shape index (κ1) is 41.0. The molecule has 0 radical (unpaired) electrons. The number of esters is 1. The van der Waals surface area contributed by atoms with Gasteiger partial charge in [0.1, 0.15) is 53.5 Å². The van der Waals surface area contributed by atoms with E-state index in [0.717, 1.165) is 5.56 Å². The molecule has 2 aromatic heterocycles. The molecular formula is C42H42F2N7O7P. The summed E-state index contributed by atoms with van der Waals surface area (Å²) in [6.07, 6.45) is 1.39. The highest BCUT2D eigenvalue weighted by molar-refractivity contribution is 7.57. The molecule has 3 heterocycles. The van der Waals surface area contributed by atoms with Gasteiger partial charge in [0.05, 0.1) is 30.9 Å². The van der Waals surface area contributed by atoms with Crippen molar-refractivity contribution >= 4 is 42.1 Å². The van der Waals surface area contributed by atoms with Crippen molar-refractivity contribution in [3.63, 3.8) is 0 Å². The van der Waals surface area contributed by atoms with Gasteiger partial charge < -0.3 is 34.3 Å². The molecule has 1 fully saturated rings. The van der Waals surface area contributed by atoms with Gasteiger partial charge in [0, 0.05) is 5.69 Å². The van der Waals surface area contributed by atoms with Crippen molar-refractivity contribution in [1.29, 1.82) is 0 Å². The maximum absolute atomic E-state index is 14.5. The van der Waals surface area contributed by atoms with Crippen LogP contribution in [0, 0.1) is 17.6 Å². The Morgan fingerprint density at radius 2 is 1.61 bits per heavy atom. The van der Waals surface area contributed by atoms with E-state index in [0.29, 0.717) is 22.4 Å². The second-order valence-electron chi connectivity index (χ2n) is 14.2. The number of carbonyl (C=O) groups is 2. The summed E-state index contributed by atoms with van der Waals surface area (Å²) in [5.74, 6) is -1.95. The maximum Gasteiger partial charge on any atom is 0.342 e. The lowest BCUT2D eigenvalue weighted by atomic mass is 9.78. The Hall–Kier alpha value is -6.22. The van der Waals surface area contributed by atoms with Crippen molar-refractivity contribution in [3.8, 4) is 11.5 Å². The lowest BCUT2D eigenvalue weighted by molar-refractivity contribution is -0.151. The lowest BCUT2D eigenvalue weighted by Gasteiger charge is -2.48. The third kappa shape index (κ3) is 9.57. The van der Waals surface area contributed by atoms with Crippen molar-refractivity contribution in [2.75, 3.05) is 17.0 Å². The number of rotatable bonds is 17. The molecule has 0 aliphatic carbocycles. The van der Waals surface area contributed by atoms with Gasteiger partial charge in [-0.1, -0.05) is 42.5 Å². The van der Waals surface area contributed by atoms with Crippen LogP contribution in [0.2, 0.25) is 0 Å². The molecule has 1 unspecified atom stereocenters. The number of β-lactam (4-membered cyclic amide) rings is 1. The summed E-state index contributed by atoms with van der Waals surface area (Å²) >= 11 is 0. The Labute approximate surface area is 338 Å². The van der Waals surface area contributed by atoms with Crippen LogP contribution in [0.1, 0.15) is 50.0 Å². The number of nitrogen functional groups attached to an aromatic ring is 1. The zero-order chi connectivity index (χ0) is 41.7. The minimum atomic E-state index is -3.98. The fraction of sp³-hybridized carbons (Fsp3) is 0.262. The van der Waals surface area contributed by atoms with Gasteiger partial charge in [-0.2, -0.15) is 0 Å². The summed E-state index contributed by atoms with van der Waals surface area (Å²) in [6.45, 7) is 3.52. The number of phenolic OH excluding ortho intramolecular Hbond substituents is 1. The maximum atomic E-state index is 14.5. The number of ether oxygens (including phenoxy) is 2. The Morgan fingerprint density at radius 1 is 0.932 bits per heavy atom. The summed E-state index contributed by atoms with van der Waals surface area (Å²) in [7, 11) is -3.98. The highest BCUT2D eigenvalue weighted by Crippen LogP contribution is 2.47. The summed E-state index contributed by atoms with van der Waals surface area (Å²) in [6, 6.07) is 24.3. The zero-order valence-electron chi connectivity index (χ0n) is 32.1. The summed E-state index contributed by atoms with van der Waals surface area (Å²) in [5.41, 5.74) is 8.60. The normalized spacial score (nSPS) is 17.8. The third-order valence-corrected chi connectivity index (χ3v) is 11.7. The first-order chi connectivity index (χ1) is 28.4. The number of nitrogens with two attached hydrogens (primary N) is 1. The Morgan fingerprint density at radius 3 is 2.31 bits per heavy atom. The Kier molecular flexibility index (Phi) is 12.3. The van der Waals surface area contributed by atoms with E-state index in [1.807, 2.05) is 0 Å². The molecule has 1 aliphatic heterocycles. The molecule has 7 rings (SSSR count). The van der Waals surface area contributed by atoms with Crippen LogP contribution in [0.15, 0.2) is 116 Å². The number of nitrogens with zero attached hydrogens (tertiary/aromatic N) is 5. The van der Waals surface area contributed by atoms with E-state index in [9.17, 15) is 28.0 Å². The number of halogens is 2. The van der Waals surface area contributed by atoms with Crippen LogP contribution in [0.4, 0.5) is 20.3 Å². The number of anilines is 2. The number of para-hydroxylation sites is 1. The molecule has 1 saturated heterocycles. The van der Waals surface area contributed by atoms with Crippen LogP contribution >= 0.6 is 7.52 Å². The van der Waals surface area contributed by atoms with E-state index in [1.165, 1.54) is 73.9 Å². The van der Waals surface area contributed by atoms with Crippen LogP contribution < -0.4 is 20.2 Å². The van der Waals surface area contributed by atoms with Gasteiger partial charge in [-0.3, -0.25) is 14.2 Å². The molecule has 17 heteroatoms. The fourth-order valence-corrected chi connectivity index (χ4v) is 8.78. The van der Waals surface area contributed by atoms with Crippen LogP contribution in [-0.2, 0) is 30.2 Å². The Balaban J connectivity index is 1.06. The number of imidazole rings is 1. The number of aromatic hydroxyl groups is 1. The van der Waals surface area contributed by atoms with Gasteiger partial charge >= 0.3 is 13.5 Å².